The number of rotatable bonds is 13. The molecular formula is C30H40N6O19P2. The van der Waals surface area contributed by atoms with Gasteiger partial charge in [0, 0.05) is 54.5 Å². The fourth-order valence-electron chi connectivity index (χ4n) is 6.49. The molecule has 57 heavy (non-hydrogen) atoms. The van der Waals surface area contributed by atoms with E-state index in [-0.39, 0.29) is 29.5 Å². The number of ether oxygens (including phenoxy) is 3. The maximum atomic E-state index is 13.9. The summed E-state index contributed by atoms with van der Waals surface area (Å²) in [5, 5.41) is 29.9. The Morgan fingerprint density at radius 1 is 0.667 bits per heavy atom. The molecule has 25 nitrogen and oxygen atoms in total. The zero-order chi connectivity index (χ0) is 41.8. The molecule has 0 bridgehead atoms. The lowest BCUT2D eigenvalue weighted by molar-refractivity contribution is -0.0726. The molecule has 0 aliphatic carbocycles. The van der Waals surface area contributed by atoms with Crippen molar-refractivity contribution in [2.24, 2.45) is 0 Å². The number of aromatic amines is 3. The summed E-state index contributed by atoms with van der Waals surface area (Å²) < 4.78 is 61.9. The summed E-state index contributed by atoms with van der Waals surface area (Å²) in [5.74, 6) is 0. The summed E-state index contributed by atoms with van der Waals surface area (Å²) in [7, 11) is -10.6. The first-order chi connectivity index (χ1) is 26.6. The number of phosphoric ester groups is 1. The van der Waals surface area contributed by atoms with Gasteiger partial charge in [-0.2, -0.15) is 0 Å². The van der Waals surface area contributed by atoms with Gasteiger partial charge in [0.25, 0.3) is 16.7 Å². The van der Waals surface area contributed by atoms with Crippen molar-refractivity contribution in [2.45, 2.75) is 94.6 Å². The zero-order valence-electron chi connectivity index (χ0n) is 30.3. The van der Waals surface area contributed by atoms with Crippen LogP contribution in [0.2, 0.25) is 0 Å². The third-order valence-corrected chi connectivity index (χ3v) is 12.7. The van der Waals surface area contributed by atoms with Gasteiger partial charge < -0.3 is 43.8 Å². The first-order valence-electron chi connectivity index (χ1n) is 17.2. The van der Waals surface area contributed by atoms with Crippen LogP contribution in [0.4, 0.5) is 0 Å². The van der Waals surface area contributed by atoms with Crippen LogP contribution in [0.5, 0.6) is 0 Å². The second-order valence-electron chi connectivity index (χ2n) is 13.8. The highest BCUT2D eigenvalue weighted by atomic mass is 31.2. The summed E-state index contributed by atoms with van der Waals surface area (Å²) in [6.07, 6.45) is -9.03. The lowest BCUT2D eigenvalue weighted by atomic mass is 10.2. The Bertz CT molecular complexity index is 2480. The molecule has 0 amide bonds. The van der Waals surface area contributed by atoms with E-state index < -0.39 is 130 Å². The second kappa shape index (κ2) is 16.0. The Balaban J connectivity index is 1.16. The van der Waals surface area contributed by atoms with Gasteiger partial charge in [-0.25, -0.2) is 18.9 Å². The minimum absolute atomic E-state index is 0.0102. The van der Waals surface area contributed by atoms with Gasteiger partial charge in [-0.3, -0.25) is 56.6 Å². The quantitative estimate of drug-likeness (QED) is 0.0804. The van der Waals surface area contributed by atoms with Crippen LogP contribution in [0.25, 0.3) is 0 Å². The van der Waals surface area contributed by atoms with Crippen molar-refractivity contribution in [3.63, 3.8) is 0 Å². The molecule has 0 saturated carbocycles. The van der Waals surface area contributed by atoms with Gasteiger partial charge in [0.1, 0.15) is 37.0 Å². The number of aryl methyl sites for hydroxylation is 3. The van der Waals surface area contributed by atoms with Crippen LogP contribution < -0.4 is 33.7 Å². The smallest absolute Gasteiger partial charge is 0.390 e. The average Bonchev–Trinajstić information content (AvgIpc) is 3.81. The molecule has 0 spiro atoms. The van der Waals surface area contributed by atoms with Gasteiger partial charge in [-0.05, 0) is 20.8 Å². The second-order valence-corrected chi connectivity index (χ2v) is 17.4. The minimum Gasteiger partial charge on any atom is -0.390 e. The van der Waals surface area contributed by atoms with Gasteiger partial charge >= 0.3 is 32.5 Å². The first-order valence-corrected chi connectivity index (χ1v) is 20.3. The Kier molecular flexibility index (Phi) is 12.0. The van der Waals surface area contributed by atoms with E-state index in [4.69, 9.17) is 27.8 Å². The highest BCUT2D eigenvalue weighted by Crippen LogP contribution is 2.63. The number of nitrogens with zero attached hydrogens (tertiary/aromatic N) is 3. The van der Waals surface area contributed by atoms with Crippen LogP contribution in [0.3, 0.4) is 0 Å². The summed E-state index contributed by atoms with van der Waals surface area (Å²) in [5.41, 5.74) is -4.42. The van der Waals surface area contributed by atoms with E-state index in [9.17, 15) is 63.0 Å². The van der Waals surface area contributed by atoms with Gasteiger partial charge in [-0.1, -0.05) is 0 Å². The Hall–Kier alpha value is -3.94. The molecule has 6 rings (SSSR count). The Morgan fingerprint density at radius 2 is 1.05 bits per heavy atom. The number of aromatic nitrogens is 6. The van der Waals surface area contributed by atoms with Crippen LogP contribution in [0.1, 0.15) is 54.6 Å². The summed E-state index contributed by atoms with van der Waals surface area (Å²) >= 11 is 0. The predicted molar refractivity (Wildman–Crippen MR) is 188 cm³/mol. The number of aliphatic hydroxyl groups is 3. The lowest BCUT2D eigenvalue weighted by Gasteiger charge is -2.32. The van der Waals surface area contributed by atoms with E-state index in [1.165, 1.54) is 33.2 Å². The van der Waals surface area contributed by atoms with Crippen molar-refractivity contribution >= 4 is 15.4 Å². The maximum Gasteiger partial charge on any atom is 0.472 e. The molecule has 3 aromatic rings. The molecular weight excluding hydrogens is 810 g/mol. The van der Waals surface area contributed by atoms with Crippen LogP contribution in [-0.4, -0.2) is 109 Å². The lowest BCUT2D eigenvalue weighted by Crippen LogP contribution is -2.42. The molecule has 0 radical (unpaired) electrons. The largest absolute Gasteiger partial charge is 0.472 e. The average molecular weight is 851 g/mol. The van der Waals surface area contributed by atoms with Crippen LogP contribution in [0, 0.1) is 20.8 Å². The highest BCUT2D eigenvalue weighted by molar-refractivity contribution is 7.54. The molecule has 11 atom stereocenters. The summed E-state index contributed by atoms with van der Waals surface area (Å²) in [4.78, 5) is 101. The molecule has 314 valence electrons. The molecule has 3 fully saturated rings. The highest BCUT2D eigenvalue weighted by Gasteiger charge is 2.61. The van der Waals surface area contributed by atoms with Crippen LogP contribution in [-0.2, 0) is 36.9 Å². The van der Waals surface area contributed by atoms with E-state index in [1.54, 1.807) is 0 Å². The van der Waals surface area contributed by atoms with Crippen molar-refractivity contribution < 1.29 is 62.0 Å². The topological polar surface area (TPSA) is 355 Å². The van der Waals surface area contributed by atoms with E-state index in [0.29, 0.717) is 0 Å². The van der Waals surface area contributed by atoms with Crippen molar-refractivity contribution in [1.29, 1.82) is 0 Å². The number of hydrogen-bond acceptors (Lipinski definition) is 17. The SMILES string of the molecule is Cc1cn([C@H]2C[C@H](O)[C@@H](COP(=O)(O)OC[C@H]3O[C@@H](n4cc(C)c(=O)[nH]c4=O)C[C@@]3(O)P(=O)(O)OC[C@H]3O[C@@H](n4cc(C)c(=O)[nH]c4=O)C[C@@H]3O)O2)c(=O)[nH]c1=O. The first kappa shape index (κ1) is 42.7. The van der Waals surface area contributed by atoms with Gasteiger partial charge in [0.2, 0.25) is 0 Å². The molecule has 8 N–H and O–H groups in total. The molecule has 2 unspecified atom stereocenters. The number of aliphatic hydroxyl groups excluding tert-OH is 2. The molecule has 3 saturated heterocycles. The van der Waals surface area contributed by atoms with E-state index in [1.807, 2.05) is 4.98 Å². The fraction of sp³-hybridized carbons (Fsp3) is 0.600. The van der Waals surface area contributed by atoms with Gasteiger partial charge in [0.15, 0.2) is 5.34 Å². The Morgan fingerprint density at radius 3 is 1.49 bits per heavy atom. The Labute approximate surface area is 318 Å². The normalized spacial score (nSPS) is 31.0. The van der Waals surface area contributed by atoms with E-state index >= 15 is 0 Å². The monoisotopic (exact) mass is 850 g/mol. The van der Waals surface area contributed by atoms with Crippen LogP contribution in [0.15, 0.2) is 47.4 Å². The van der Waals surface area contributed by atoms with Gasteiger partial charge in [0.05, 0.1) is 32.0 Å². The molecule has 0 aromatic carbocycles. The third kappa shape index (κ3) is 8.76. The van der Waals surface area contributed by atoms with Crippen molar-refractivity contribution in [2.75, 3.05) is 19.8 Å². The van der Waals surface area contributed by atoms with Gasteiger partial charge in [-0.15, -0.1) is 0 Å². The number of phosphoric acid groups is 1. The summed E-state index contributed by atoms with van der Waals surface area (Å²) in [6.45, 7) is 1.39. The van der Waals surface area contributed by atoms with Crippen LogP contribution >= 0.6 is 15.4 Å². The molecule has 3 aliphatic rings. The third-order valence-electron chi connectivity index (χ3n) is 9.78. The number of hydrogen-bond donors (Lipinski definition) is 8. The van der Waals surface area contributed by atoms with Crippen molar-refractivity contribution in [3.05, 3.63) is 97.8 Å². The molecule has 27 heteroatoms. The maximum absolute atomic E-state index is 13.9. The number of H-pyrrole nitrogens is 3. The van der Waals surface area contributed by atoms with Crippen molar-refractivity contribution in [1.82, 2.24) is 28.7 Å². The minimum atomic E-state index is -5.43. The summed E-state index contributed by atoms with van der Waals surface area (Å²) in [6, 6.07) is 0. The van der Waals surface area contributed by atoms with Crippen molar-refractivity contribution in [3.8, 4) is 0 Å². The fourth-order valence-corrected chi connectivity index (χ4v) is 8.69. The standard InChI is InChI=1S/C30H40N6O19P2/c1-13-7-34(27(42)31-24(13)39)21-4-16(37)18(53-21)10-50-56(46,47)30(45)6-23(36-9-15(3)26(41)33-29(36)44)55-20(30)12-52-57(48,49)51-11-19-17(38)5-22(54-19)35-8-14(2)25(40)32-28(35)43/h7-9,16-23,37-38,45H,4-6,10-12H2,1-3H3,(H,46,47)(H,48,49)(H,31,39,42)(H,32,40,43)(H,33,41,44)/t16-,17-,18+,19+,20+,21+,22+,23+,30+/m0/s1. The van der Waals surface area contributed by atoms with E-state index in [0.717, 1.165) is 19.9 Å². The molecule has 6 heterocycles. The number of nitrogens with one attached hydrogen (secondary N) is 3. The zero-order valence-corrected chi connectivity index (χ0v) is 32.1. The molecule has 3 aromatic heterocycles. The predicted octanol–water partition coefficient (Wildman–Crippen LogP) is -2.83. The molecule has 3 aliphatic heterocycles. The van der Waals surface area contributed by atoms with E-state index in [2.05, 4.69) is 9.97 Å².